The van der Waals surface area contributed by atoms with E-state index in [9.17, 15) is 22.0 Å². The van der Waals surface area contributed by atoms with Crippen molar-refractivity contribution in [1.29, 1.82) is 0 Å². The highest BCUT2D eigenvalue weighted by Gasteiger charge is 2.32. The Bertz CT molecular complexity index is 295. The van der Waals surface area contributed by atoms with Crippen molar-refractivity contribution in [2.24, 2.45) is 0 Å². The first-order valence-electron chi connectivity index (χ1n) is 3.36. The number of aromatic nitrogens is 2. The molecule has 0 amide bonds. The van der Waals surface area contributed by atoms with Crippen LogP contribution < -0.4 is 4.74 Å². The molecular weight excluding hydrogens is 211 g/mol. The molecule has 0 aliphatic carbocycles. The van der Waals surface area contributed by atoms with Gasteiger partial charge in [0, 0.05) is 6.07 Å². The van der Waals surface area contributed by atoms with Crippen molar-refractivity contribution < 1.29 is 26.7 Å². The van der Waals surface area contributed by atoms with Crippen LogP contribution >= 0.6 is 0 Å². The van der Waals surface area contributed by atoms with Gasteiger partial charge in [-0.25, -0.2) is 13.5 Å². The van der Waals surface area contributed by atoms with Crippen LogP contribution in [0.25, 0.3) is 0 Å². The zero-order valence-electron chi connectivity index (χ0n) is 6.55. The van der Waals surface area contributed by atoms with E-state index < -0.39 is 25.2 Å². The fourth-order valence-corrected chi connectivity index (χ4v) is 0.740. The Morgan fingerprint density at radius 1 is 1.50 bits per heavy atom. The van der Waals surface area contributed by atoms with E-state index in [1.165, 1.54) is 0 Å². The number of alkyl halides is 5. The van der Waals surface area contributed by atoms with E-state index in [1.54, 1.807) is 0 Å². The van der Waals surface area contributed by atoms with E-state index in [0.717, 1.165) is 6.07 Å². The van der Waals surface area contributed by atoms with Crippen LogP contribution in [0.3, 0.4) is 0 Å². The molecule has 0 atom stereocenters. The summed E-state index contributed by atoms with van der Waals surface area (Å²) in [5.41, 5.74) is 0. The van der Waals surface area contributed by atoms with Crippen molar-refractivity contribution in [2.75, 3.05) is 0 Å². The molecule has 1 aromatic heterocycles. The molecule has 0 spiro atoms. The van der Waals surface area contributed by atoms with Crippen LogP contribution in [0.1, 0.15) is 0 Å². The summed E-state index contributed by atoms with van der Waals surface area (Å²) in [6, 6.07) is 0.732. The first kappa shape index (κ1) is 10.7. The fourth-order valence-electron chi connectivity index (χ4n) is 0.740. The lowest BCUT2D eigenvalue weighted by Gasteiger charge is -2.10. The van der Waals surface area contributed by atoms with E-state index in [0.29, 0.717) is 4.68 Å². The van der Waals surface area contributed by atoms with Crippen molar-refractivity contribution in [3.05, 3.63) is 12.3 Å². The van der Waals surface area contributed by atoms with Gasteiger partial charge in [0.05, 0.1) is 0 Å². The Morgan fingerprint density at radius 2 is 2.14 bits per heavy atom. The highest BCUT2D eigenvalue weighted by atomic mass is 19.4. The summed E-state index contributed by atoms with van der Waals surface area (Å²) in [6.45, 7) is -0.963. The van der Waals surface area contributed by atoms with Gasteiger partial charge in [0.2, 0.25) is 5.88 Å². The molecule has 0 aliphatic heterocycles. The maximum atomic E-state index is 11.8. The SMILES string of the molecule is FC(F)Cn1n[c]cc1OC(F)(F)F. The van der Waals surface area contributed by atoms with Gasteiger partial charge in [0.25, 0.3) is 6.43 Å². The summed E-state index contributed by atoms with van der Waals surface area (Å²) in [7, 11) is 0. The molecule has 0 aliphatic rings. The van der Waals surface area contributed by atoms with E-state index in [2.05, 4.69) is 9.84 Å². The van der Waals surface area contributed by atoms with E-state index >= 15 is 0 Å². The summed E-state index contributed by atoms with van der Waals surface area (Å²) in [6.07, 6.45) is -5.75. The molecule has 0 unspecified atom stereocenters. The Hall–Kier alpha value is -1.34. The predicted molar refractivity (Wildman–Crippen MR) is 33.8 cm³/mol. The molecule has 1 rings (SSSR count). The van der Waals surface area contributed by atoms with E-state index in [4.69, 9.17) is 0 Å². The van der Waals surface area contributed by atoms with Crippen molar-refractivity contribution in [2.45, 2.75) is 19.3 Å². The summed E-state index contributed by atoms with van der Waals surface area (Å²) in [5, 5.41) is 3.13. The summed E-state index contributed by atoms with van der Waals surface area (Å²) >= 11 is 0. The van der Waals surface area contributed by atoms with Crippen molar-refractivity contribution in [1.82, 2.24) is 9.78 Å². The molecule has 14 heavy (non-hydrogen) atoms. The molecule has 1 heterocycles. The van der Waals surface area contributed by atoms with Gasteiger partial charge in [-0.1, -0.05) is 0 Å². The number of ether oxygens (including phenoxy) is 1. The van der Waals surface area contributed by atoms with Crippen LogP contribution in [0.15, 0.2) is 6.07 Å². The average molecular weight is 215 g/mol. The molecule has 0 fully saturated rings. The largest absolute Gasteiger partial charge is 0.574 e. The van der Waals surface area contributed by atoms with Crippen LogP contribution in [0, 0.1) is 6.20 Å². The smallest absolute Gasteiger partial charge is 0.388 e. The third-order valence-corrected chi connectivity index (χ3v) is 1.15. The first-order valence-corrected chi connectivity index (χ1v) is 3.36. The molecule has 1 aromatic rings. The second-order valence-corrected chi connectivity index (χ2v) is 2.23. The minimum absolute atomic E-state index is 0.387. The minimum atomic E-state index is -4.92. The molecule has 79 valence electrons. The molecule has 1 radical (unpaired) electrons. The molecular formula is C6H4F5N2O. The summed E-state index contributed by atoms with van der Waals surface area (Å²) in [4.78, 5) is 0. The van der Waals surface area contributed by atoms with Gasteiger partial charge < -0.3 is 4.74 Å². The molecule has 0 aromatic carbocycles. The lowest BCUT2D eigenvalue weighted by atomic mass is 10.6. The lowest BCUT2D eigenvalue weighted by molar-refractivity contribution is -0.277. The highest BCUT2D eigenvalue weighted by molar-refractivity contribution is 5.06. The van der Waals surface area contributed by atoms with Crippen LogP contribution in [0.5, 0.6) is 5.88 Å². The summed E-state index contributed by atoms with van der Waals surface area (Å²) in [5.74, 6) is -0.808. The third-order valence-electron chi connectivity index (χ3n) is 1.15. The number of nitrogens with zero attached hydrogens (tertiary/aromatic N) is 2. The Kier molecular flexibility index (Phi) is 2.92. The normalized spacial score (nSPS) is 12.1. The monoisotopic (exact) mass is 215 g/mol. The zero-order chi connectivity index (χ0) is 10.8. The zero-order valence-corrected chi connectivity index (χ0v) is 6.55. The van der Waals surface area contributed by atoms with Gasteiger partial charge in [0.15, 0.2) is 0 Å². The fraction of sp³-hybridized carbons (Fsp3) is 0.500. The standard InChI is InChI=1S/C6H4F5N2O/c7-4(8)3-13-5(1-2-12-13)14-6(9,10)11/h1,4H,3H2. The molecule has 0 saturated carbocycles. The van der Waals surface area contributed by atoms with Gasteiger partial charge in [-0.15, -0.1) is 13.2 Å². The number of hydrogen-bond donors (Lipinski definition) is 0. The van der Waals surface area contributed by atoms with E-state index in [-0.39, 0.29) is 0 Å². The highest BCUT2D eigenvalue weighted by Crippen LogP contribution is 2.22. The number of halogens is 5. The molecule has 0 bridgehead atoms. The maximum Gasteiger partial charge on any atom is 0.574 e. The second-order valence-electron chi connectivity index (χ2n) is 2.23. The van der Waals surface area contributed by atoms with E-state index in [1.807, 2.05) is 6.20 Å². The van der Waals surface area contributed by atoms with Crippen molar-refractivity contribution in [3.63, 3.8) is 0 Å². The Balaban J connectivity index is 2.72. The molecule has 0 saturated heterocycles. The third kappa shape index (κ3) is 3.19. The average Bonchev–Trinajstić information content (AvgIpc) is 2.32. The van der Waals surface area contributed by atoms with Gasteiger partial charge in [-0.2, -0.15) is 5.10 Å². The quantitative estimate of drug-likeness (QED) is 0.719. The van der Waals surface area contributed by atoms with Gasteiger partial charge in [-0.3, -0.25) is 0 Å². The maximum absolute atomic E-state index is 11.8. The van der Waals surface area contributed by atoms with Crippen LogP contribution in [-0.2, 0) is 6.54 Å². The van der Waals surface area contributed by atoms with Gasteiger partial charge >= 0.3 is 6.36 Å². The summed E-state index contributed by atoms with van der Waals surface area (Å²) < 4.78 is 62.4. The number of rotatable bonds is 3. The lowest BCUT2D eigenvalue weighted by Crippen LogP contribution is -2.20. The second kappa shape index (κ2) is 3.81. The van der Waals surface area contributed by atoms with Gasteiger partial charge in [0.1, 0.15) is 12.7 Å². The number of hydrogen-bond acceptors (Lipinski definition) is 2. The molecule has 3 nitrogen and oxygen atoms in total. The van der Waals surface area contributed by atoms with Gasteiger partial charge in [-0.05, 0) is 0 Å². The Labute approximate surface area is 75.1 Å². The molecule has 0 N–H and O–H groups in total. The topological polar surface area (TPSA) is 27.1 Å². The Morgan fingerprint density at radius 3 is 2.64 bits per heavy atom. The van der Waals surface area contributed by atoms with Crippen LogP contribution in [0.4, 0.5) is 22.0 Å². The first-order chi connectivity index (χ1) is 6.38. The van der Waals surface area contributed by atoms with Crippen molar-refractivity contribution in [3.8, 4) is 5.88 Å². The van der Waals surface area contributed by atoms with Crippen molar-refractivity contribution >= 4 is 0 Å². The van der Waals surface area contributed by atoms with Crippen LogP contribution in [0.2, 0.25) is 0 Å². The predicted octanol–water partition coefficient (Wildman–Crippen LogP) is 1.85. The minimum Gasteiger partial charge on any atom is -0.388 e. The molecule has 8 heteroatoms. The van der Waals surface area contributed by atoms with Crippen LogP contribution in [-0.4, -0.2) is 22.6 Å².